The third-order valence-electron chi connectivity index (χ3n) is 7.14. The third kappa shape index (κ3) is 2.79. The average Bonchev–Trinajstić information content (AvgIpc) is 3.14. The Kier molecular flexibility index (Phi) is 4.65. The van der Waals surface area contributed by atoms with Crippen LogP contribution in [0.15, 0.2) is 24.0 Å². The number of rotatable bonds is 3. The first-order valence-corrected chi connectivity index (χ1v) is 10.5. The van der Waals surface area contributed by atoms with Crippen molar-refractivity contribution in [3.63, 3.8) is 0 Å². The highest BCUT2D eigenvalue weighted by Crippen LogP contribution is 2.48. The van der Waals surface area contributed by atoms with E-state index in [4.69, 9.17) is 18.9 Å². The van der Waals surface area contributed by atoms with Gasteiger partial charge in [-0.2, -0.15) is 0 Å². The maximum Gasteiger partial charge on any atom is 0.337 e. The van der Waals surface area contributed by atoms with Gasteiger partial charge in [0.15, 0.2) is 11.5 Å². The van der Waals surface area contributed by atoms with Crippen LogP contribution in [0.4, 0.5) is 0 Å². The second-order valence-corrected chi connectivity index (χ2v) is 8.44. The molecule has 4 unspecified atom stereocenters. The van der Waals surface area contributed by atoms with Gasteiger partial charge in [0, 0.05) is 51.9 Å². The van der Waals surface area contributed by atoms with Gasteiger partial charge in [-0.05, 0) is 31.4 Å². The molecule has 1 saturated heterocycles. The topological polar surface area (TPSA) is 73.0 Å². The molecule has 5 rings (SSSR count). The molecule has 1 N–H and O–H groups in total. The van der Waals surface area contributed by atoms with Gasteiger partial charge in [0.2, 0.25) is 0 Å². The molecule has 7 nitrogen and oxygen atoms in total. The van der Waals surface area contributed by atoms with Gasteiger partial charge < -0.3 is 23.9 Å². The minimum Gasteiger partial charge on any atom is -0.497 e. The largest absolute Gasteiger partial charge is 0.497 e. The molecule has 2 aromatic rings. The normalized spacial score (nSPS) is 27.9. The Hall–Kier alpha value is -2.67. The van der Waals surface area contributed by atoms with E-state index < -0.39 is 0 Å². The Balaban J connectivity index is 0.00000128. The number of carbonyl (C=O) groups excluding carboxylic acids is 1. The highest BCUT2D eigenvalue weighted by atomic mass is 16.5. The van der Waals surface area contributed by atoms with Gasteiger partial charge in [-0.3, -0.25) is 4.90 Å². The summed E-state index contributed by atoms with van der Waals surface area (Å²) in [6.07, 6.45) is 3.56. The van der Waals surface area contributed by atoms with Crippen LogP contribution in [-0.2, 0) is 20.7 Å². The molecule has 3 aliphatic rings. The molecule has 4 atom stereocenters. The van der Waals surface area contributed by atoms with E-state index in [9.17, 15) is 4.79 Å². The molecule has 30 heavy (non-hydrogen) atoms. The Morgan fingerprint density at radius 1 is 1.23 bits per heavy atom. The van der Waals surface area contributed by atoms with E-state index in [1.807, 2.05) is 6.07 Å². The van der Waals surface area contributed by atoms with Gasteiger partial charge in [0.25, 0.3) is 0 Å². The minimum absolute atomic E-state index is 0. The molecule has 4 heterocycles. The molecule has 0 saturated carbocycles. The number of esters is 1. The molecule has 166 valence electrons. The predicted molar refractivity (Wildman–Crippen MR) is 118 cm³/mol. The van der Waals surface area contributed by atoms with E-state index in [2.05, 4.69) is 22.9 Å². The van der Waals surface area contributed by atoms with E-state index in [-0.39, 0.29) is 34.2 Å². The standard InChI is InChI=1S/C23H28N2O5.3H2/c1-12-16-10-25-6-5-13-15-8-20(27-2)21(28-3)9-18(15)24-22(13)19(25)7-14(16)17(11-30-12)23(26)29-4;;;/h8-9,11-12,14,16,19,24H,5-7,10H2,1-4H3;3*1H. The van der Waals surface area contributed by atoms with Crippen molar-refractivity contribution in [2.45, 2.75) is 31.9 Å². The number of aromatic amines is 1. The number of methoxy groups -OCH3 is 3. The molecule has 1 aromatic carbocycles. The lowest BCUT2D eigenvalue weighted by Gasteiger charge is -2.49. The summed E-state index contributed by atoms with van der Waals surface area (Å²) in [6.45, 7) is 4.00. The molecular formula is C23H34N2O5. The lowest BCUT2D eigenvalue weighted by Crippen LogP contribution is -2.51. The van der Waals surface area contributed by atoms with E-state index in [1.165, 1.54) is 23.8 Å². The van der Waals surface area contributed by atoms with Gasteiger partial charge in [0.05, 0.1) is 45.3 Å². The molecule has 0 radical (unpaired) electrons. The number of H-pyrrole nitrogens is 1. The molecule has 7 heteroatoms. The number of fused-ring (bicyclic) bond motifs is 6. The molecule has 0 aliphatic carbocycles. The first kappa shape index (κ1) is 19.3. The van der Waals surface area contributed by atoms with Crippen LogP contribution in [-0.4, -0.2) is 56.4 Å². The van der Waals surface area contributed by atoms with Gasteiger partial charge in [0.1, 0.15) is 0 Å². The quantitative estimate of drug-likeness (QED) is 0.762. The number of nitrogens with zero attached hydrogens (tertiary/aromatic N) is 1. The summed E-state index contributed by atoms with van der Waals surface area (Å²) in [4.78, 5) is 18.6. The van der Waals surface area contributed by atoms with Crippen molar-refractivity contribution in [2.75, 3.05) is 34.4 Å². The van der Waals surface area contributed by atoms with Crippen LogP contribution in [0.5, 0.6) is 11.5 Å². The van der Waals surface area contributed by atoms with Gasteiger partial charge in [-0.1, -0.05) is 0 Å². The Labute approximate surface area is 180 Å². The number of ether oxygens (including phenoxy) is 4. The zero-order chi connectivity index (χ0) is 21.0. The molecule has 1 aromatic heterocycles. The van der Waals surface area contributed by atoms with Crippen molar-refractivity contribution in [1.29, 1.82) is 0 Å². The minimum atomic E-state index is -0.285. The zero-order valence-electron chi connectivity index (χ0n) is 17.9. The van der Waals surface area contributed by atoms with Crippen molar-refractivity contribution >= 4 is 16.9 Å². The lowest BCUT2D eigenvalue weighted by atomic mass is 9.72. The highest BCUT2D eigenvalue weighted by Gasteiger charge is 2.47. The molecule has 0 spiro atoms. The smallest absolute Gasteiger partial charge is 0.337 e. The third-order valence-corrected chi connectivity index (χ3v) is 7.14. The van der Waals surface area contributed by atoms with Crippen molar-refractivity contribution in [1.82, 2.24) is 9.88 Å². The number of benzene rings is 1. The second kappa shape index (κ2) is 7.23. The number of carbonyl (C=O) groups is 1. The van der Waals surface area contributed by atoms with E-state index in [0.29, 0.717) is 5.57 Å². The lowest BCUT2D eigenvalue weighted by molar-refractivity contribution is -0.139. The average molecular weight is 419 g/mol. The van der Waals surface area contributed by atoms with E-state index in [1.54, 1.807) is 20.5 Å². The van der Waals surface area contributed by atoms with Crippen molar-refractivity contribution in [2.24, 2.45) is 11.8 Å². The fraction of sp³-hybridized carbons (Fsp3) is 0.522. The van der Waals surface area contributed by atoms with Crippen LogP contribution >= 0.6 is 0 Å². The summed E-state index contributed by atoms with van der Waals surface area (Å²) in [6, 6.07) is 4.32. The Bertz CT molecular complexity index is 1040. The maximum atomic E-state index is 12.4. The molecular weight excluding hydrogens is 384 g/mol. The molecule has 3 aliphatic heterocycles. The Morgan fingerprint density at radius 3 is 2.73 bits per heavy atom. The number of hydrogen-bond donors (Lipinski definition) is 1. The monoisotopic (exact) mass is 418 g/mol. The fourth-order valence-corrected chi connectivity index (χ4v) is 5.56. The highest BCUT2D eigenvalue weighted by molar-refractivity contribution is 5.89. The predicted octanol–water partition coefficient (Wildman–Crippen LogP) is 3.93. The summed E-state index contributed by atoms with van der Waals surface area (Å²) in [5, 5.41) is 1.19. The van der Waals surface area contributed by atoms with Crippen LogP contribution in [0.3, 0.4) is 0 Å². The maximum absolute atomic E-state index is 12.4. The SMILES string of the molecule is COC(=O)C1=COC(C)C2CN3CCc4c([nH]c5cc(OC)c(OC)cc45)C3CC12.[HH].[HH].[HH]. The van der Waals surface area contributed by atoms with Crippen LogP contribution < -0.4 is 9.47 Å². The summed E-state index contributed by atoms with van der Waals surface area (Å²) in [5.41, 5.74) is 4.31. The summed E-state index contributed by atoms with van der Waals surface area (Å²) >= 11 is 0. The van der Waals surface area contributed by atoms with Crippen LogP contribution in [0, 0.1) is 11.8 Å². The second-order valence-electron chi connectivity index (χ2n) is 8.44. The van der Waals surface area contributed by atoms with Crippen LogP contribution in [0.25, 0.3) is 10.9 Å². The van der Waals surface area contributed by atoms with Gasteiger partial charge >= 0.3 is 5.97 Å². The number of piperidine rings is 1. The summed E-state index contributed by atoms with van der Waals surface area (Å²) in [5.74, 6) is 1.59. The van der Waals surface area contributed by atoms with Crippen LogP contribution in [0.2, 0.25) is 0 Å². The summed E-state index contributed by atoms with van der Waals surface area (Å²) < 4.78 is 21.9. The van der Waals surface area contributed by atoms with Crippen molar-refractivity contribution < 1.29 is 28.0 Å². The molecule has 1 fully saturated rings. The Morgan fingerprint density at radius 2 is 2.00 bits per heavy atom. The molecule has 0 bridgehead atoms. The van der Waals surface area contributed by atoms with Gasteiger partial charge in [-0.25, -0.2) is 4.79 Å². The van der Waals surface area contributed by atoms with Crippen molar-refractivity contribution in [3.05, 3.63) is 35.2 Å². The van der Waals surface area contributed by atoms with Crippen LogP contribution in [0.1, 0.15) is 34.9 Å². The van der Waals surface area contributed by atoms with E-state index in [0.717, 1.165) is 42.9 Å². The first-order chi connectivity index (χ1) is 14.5. The number of aromatic nitrogens is 1. The van der Waals surface area contributed by atoms with E-state index >= 15 is 0 Å². The van der Waals surface area contributed by atoms with Crippen molar-refractivity contribution in [3.8, 4) is 11.5 Å². The van der Waals surface area contributed by atoms with Gasteiger partial charge in [-0.15, -0.1) is 0 Å². The fourth-order valence-electron chi connectivity index (χ4n) is 5.56. The number of hydrogen-bond acceptors (Lipinski definition) is 6. The summed E-state index contributed by atoms with van der Waals surface area (Å²) in [7, 11) is 4.75. The zero-order valence-corrected chi connectivity index (χ0v) is 17.9. The molecule has 0 amide bonds. The number of nitrogens with one attached hydrogen (secondary N) is 1. The first-order valence-electron chi connectivity index (χ1n) is 10.5.